The summed E-state index contributed by atoms with van der Waals surface area (Å²) in [5.74, 6) is 0.0894. The van der Waals surface area contributed by atoms with E-state index in [1.165, 1.54) is 0 Å². The maximum Gasteiger partial charge on any atom is 0.233 e. The molecule has 5 heteroatoms. The molecule has 12 heavy (non-hydrogen) atoms. The van der Waals surface area contributed by atoms with Crippen LogP contribution in [0.5, 0.6) is 5.88 Å². The standard InChI is InChI=1S/C7H7BrN2O2/c8-6-1-2-7(10-9-6)12-5-3-11-4-5/h1-2,5H,3-4H2/i1D,2D. The number of nitrogens with zero attached hydrogens (tertiary/aromatic N) is 2. The second-order valence-corrected chi connectivity index (χ2v) is 3.07. The van der Waals surface area contributed by atoms with Crippen LogP contribution in [0.2, 0.25) is 0 Å². The number of rotatable bonds is 2. The summed E-state index contributed by atoms with van der Waals surface area (Å²) in [6.07, 6.45) is -0.0611. The molecule has 0 N–H and O–H groups in total. The van der Waals surface area contributed by atoms with E-state index in [1.807, 2.05) is 0 Å². The zero-order valence-corrected chi connectivity index (χ0v) is 7.67. The molecule has 64 valence electrons. The first-order valence-electron chi connectivity index (χ1n) is 4.42. The Labute approximate surface area is 80.8 Å². The molecule has 0 atom stereocenters. The maximum atomic E-state index is 7.54. The van der Waals surface area contributed by atoms with E-state index in [2.05, 4.69) is 26.1 Å². The van der Waals surface area contributed by atoms with Crippen molar-refractivity contribution in [2.45, 2.75) is 6.10 Å². The van der Waals surface area contributed by atoms with Gasteiger partial charge in [-0.2, -0.15) is 0 Å². The first-order chi connectivity index (χ1) is 6.68. The van der Waals surface area contributed by atoms with E-state index < -0.39 is 0 Å². The minimum absolute atomic E-state index is 0.0183. The molecule has 0 bridgehead atoms. The third kappa shape index (κ3) is 1.73. The number of aromatic nitrogens is 2. The highest BCUT2D eigenvalue weighted by Gasteiger charge is 2.20. The third-order valence-corrected chi connectivity index (χ3v) is 1.74. The Balaban J connectivity index is 2.20. The molecule has 1 aliphatic rings. The highest BCUT2D eigenvalue weighted by molar-refractivity contribution is 9.10. The summed E-state index contributed by atoms with van der Waals surface area (Å²) < 4.78 is 25.4. The van der Waals surface area contributed by atoms with Gasteiger partial charge in [-0.15, -0.1) is 10.2 Å². The minimum Gasteiger partial charge on any atom is -0.468 e. The van der Waals surface area contributed by atoms with Crippen LogP contribution >= 0.6 is 15.9 Å². The Morgan fingerprint density at radius 3 is 3.08 bits per heavy atom. The van der Waals surface area contributed by atoms with Gasteiger partial charge in [0.25, 0.3) is 0 Å². The van der Waals surface area contributed by atoms with Crippen LogP contribution in [-0.4, -0.2) is 29.5 Å². The predicted octanol–water partition coefficient (Wildman–Crippen LogP) is 1.02. The van der Waals surface area contributed by atoms with Gasteiger partial charge < -0.3 is 9.47 Å². The summed E-state index contributed by atoms with van der Waals surface area (Å²) >= 11 is 3.02. The lowest BCUT2D eigenvalue weighted by molar-refractivity contribution is -0.0816. The first kappa shape index (κ1) is 5.88. The fourth-order valence-electron chi connectivity index (χ4n) is 0.737. The summed E-state index contributed by atoms with van der Waals surface area (Å²) in [5.41, 5.74) is 0. The van der Waals surface area contributed by atoms with E-state index in [-0.39, 0.29) is 28.7 Å². The van der Waals surface area contributed by atoms with Gasteiger partial charge in [-0.3, -0.25) is 0 Å². The second kappa shape index (κ2) is 3.37. The minimum atomic E-state index is -0.0611. The Kier molecular flexibility index (Phi) is 1.65. The molecule has 0 unspecified atom stereocenters. The van der Waals surface area contributed by atoms with Gasteiger partial charge in [0.15, 0.2) is 0 Å². The summed E-state index contributed by atoms with van der Waals surface area (Å²) in [7, 11) is 0. The number of halogens is 1. The van der Waals surface area contributed by atoms with Gasteiger partial charge in [0, 0.05) is 6.04 Å². The average molecular weight is 233 g/mol. The van der Waals surface area contributed by atoms with Crippen LogP contribution in [0.4, 0.5) is 0 Å². The molecule has 0 saturated carbocycles. The molecule has 1 aromatic heterocycles. The molecule has 2 heterocycles. The van der Waals surface area contributed by atoms with Gasteiger partial charge >= 0.3 is 0 Å². The summed E-state index contributed by atoms with van der Waals surface area (Å²) in [4.78, 5) is 0. The summed E-state index contributed by atoms with van der Waals surface area (Å²) in [6, 6.07) is -0.0750. The quantitative estimate of drug-likeness (QED) is 0.764. The van der Waals surface area contributed by atoms with Crippen LogP contribution in [0.15, 0.2) is 16.7 Å². The number of hydrogen-bond acceptors (Lipinski definition) is 4. The normalized spacial score (nSPS) is 19.4. The van der Waals surface area contributed by atoms with Crippen molar-refractivity contribution in [2.75, 3.05) is 13.2 Å². The first-order valence-corrected chi connectivity index (χ1v) is 4.21. The van der Waals surface area contributed by atoms with E-state index in [0.29, 0.717) is 13.2 Å². The highest BCUT2D eigenvalue weighted by Crippen LogP contribution is 2.13. The fourth-order valence-corrected chi connectivity index (χ4v) is 0.916. The van der Waals surface area contributed by atoms with Crippen LogP contribution in [-0.2, 0) is 4.74 Å². The lowest BCUT2D eigenvalue weighted by Gasteiger charge is -2.25. The molecular formula is C7H7BrN2O2. The summed E-state index contributed by atoms with van der Waals surface area (Å²) in [5, 5.41) is 7.32. The molecule has 1 fully saturated rings. The zero-order valence-electron chi connectivity index (χ0n) is 8.08. The Morgan fingerprint density at radius 2 is 2.42 bits per heavy atom. The van der Waals surface area contributed by atoms with E-state index in [1.54, 1.807) is 0 Å². The molecule has 1 aromatic rings. The van der Waals surface area contributed by atoms with Crippen LogP contribution < -0.4 is 4.74 Å². The van der Waals surface area contributed by atoms with Gasteiger partial charge in [0.1, 0.15) is 10.7 Å². The van der Waals surface area contributed by atoms with Crippen molar-refractivity contribution in [3.8, 4) is 5.88 Å². The smallest absolute Gasteiger partial charge is 0.233 e. The lowest BCUT2D eigenvalue weighted by atomic mass is 10.3. The maximum absolute atomic E-state index is 7.54. The molecule has 0 radical (unpaired) electrons. The monoisotopic (exact) mass is 232 g/mol. The molecule has 0 aromatic carbocycles. The molecular weight excluding hydrogens is 224 g/mol. The average Bonchev–Trinajstić information content (AvgIpc) is 2.10. The molecule has 1 saturated heterocycles. The molecule has 2 rings (SSSR count). The second-order valence-electron chi connectivity index (χ2n) is 2.32. The van der Waals surface area contributed by atoms with E-state index in [0.717, 1.165) is 0 Å². The molecule has 0 spiro atoms. The van der Waals surface area contributed by atoms with Gasteiger partial charge in [0.05, 0.1) is 16.0 Å². The third-order valence-electron chi connectivity index (χ3n) is 1.39. The van der Waals surface area contributed by atoms with Gasteiger partial charge in [0.2, 0.25) is 5.88 Å². The highest BCUT2D eigenvalue weighted by atomic mass is 79.9. The summed E-state index contributed by atoms with van der Waals surface area (Å²) in [6.45, 7) is 1.01. The molecule has 4 nitrogen and oxygen atoms in total. The van der Waals surface area contributed by atoms with Crippen molar-refractivity contribution in [2.24, 2.45) is 0 Å². The Hall–Kier alpha value is -0.680. The van der Waals surface area contributed by atoms with Crippen molar-refractivity contribution in [1.29, 1.82) is 0 Å². The predicted molar refractivity (Wildman–Crippen MR) is 45.0 cm³/mol. The Morgan fingerprint density at radius 1 is 1.58 bits per heavy atom. The van der Waals surface area contributed by atoms with Gasteiger partial charge in [-0.1, -0.05) is 0 Å². The van der Waals surface area contributed by atoms with E-state index in [4.69, 9.17) is 12.2 Å². The number of hydrogen-bond donors (Lipinski definition) is 0. The molecule has 1 aliphatic heterocycles. The Bertz CT molecular complexity index is 360. The zero-order chi connectivity index (χ0) is 10.1. The van der Waals surface area contributed by atoms with E-state index in [9.17, 15) is 0 Å². The molecule has 0 amide bonds. The number of ether oxygens (including phenoxy) is 2. The van der Waals surface area contributed by atoms with Crippen molar-refractivity contribution < 1.29 is 12.2 Å². The van der Waals surface area contributed by atoms with Gasteiger partial charge in [-0.05, 0) is 22.0 Å². The van der Waals surface area contributed by atoms with Crippen molar-refractivity contribution >= 4 is 15.9 Å². The fraction of sp³-hybridized carbons (Fsp3) is 0.429. The van der Waals surface area contributed by atoms with Crippen LogP contribution in [0.3, 0.4) is 0 Å². The largest absolute Gasteiger partial charge is 0.468 e. The van der Waals surface area contributed by atoms with Crippen LogP contribution in [0.1, 0.15) is 2.74 Å². The van der Waals surface area contributed by atoms with Crippen molar-refractivity contribution in [3.63, 3.8) is 0 Å². The lowest BCUT2D eigenvalue weighted by Crippen LogP contribution is -2.38. The van der Waals surface area contributed by atoms with Crippen LogP contribution in [0.25, 0.3) is 0 Å². The topological polar surface area (TPSA) is 44.2 Å². The van der Waals surface area contributed by atoms with Crippen molar-refractivity contribution in [3.05, 3.63) is 16.7 Å². The molecule has 0 aliphatic carbocycles. The SMILES string of the molecule is [2H]c1c(Br)nnc(OC2COC2)c1[2H]. The van der Waals surface area contributed by atoms with Crippen molar-refractivity contribution in [1.82, 2.24) is 10.2 Å². The van der Waals surface area contributed by atoms with Gasteiger partial charge in [-0.25, -0.2) is 0 Å². The van der Waals surface area contributed by atoms with Crippen LogP contribution in [0, 0.1) is 0 Å². The van der Waals surface area contributed by atoms with E-state index >= 15 is 0 Å².